The number of hydrogen-bond donors (Lipinski definition) is 1. The second-order valence-electron chi connectivity index (χ2n) is 6.64. The normalized spacial score (nSPS) is 14.6. The van der Waals surface area contributed by atoms with Crippen molar-refractivity contribution in [3.8, 4) is 5.75 Å². The number of carbonyl (C=O) groups is 2. The van der Waals surface area contributed by atoms with Crippen LogP contribution in [0.25, 0.3) is 0 Å². The molecule has 0 radical (unpaired) electrons. The van der Waals surface area contributed by atoms with Crippen LogP contribution in [0.3, 0.4) is 0 Å². The van der Waals surface area contributed by atoms with Gasteiger partial charge in [0.1, 0.15) is 5.75 Å². The van der Waals surface area contributed by atoms with Crippen molar-refractivity contribution in [1.29, 1.82) is 0 Å². The molecule has 1 saturated heterocycles. The maximum Gasteiger partial charge on any atom is 0.255 e. The van der Waals surface area contributed by atoms with Crippen LogP contribution in [0.1, 0.15) is 36.0 Å². The van der Waals surface area contributed by atoms with E-state index in [1.807, 2.05) is 35.2 Å². The van der Waals surface area contributed by atoms with Crippen LogP contribution in [-0.2, 0) is 4.79 Å². The summed E-state index contributed by atoms with van der Waals surface area (Å²) in [4.78, 5) is 30.3. The average Bonchev–Trinajstić information content (AvgIpc) is 2.73. The minimum Gasteiger partial charge on any atom is -0.494 e. The first kappa shape index (κ1) is 18.9. The van der Waals surface area contributed by atoms with Gasteiger partial charge < -0.3 is 15.0 Å². The Bertz CT molecular complexity index is 729. The lowest BCUT2D eigenvalue weighted by molar-refractivity contribution is -0.122. The summed E-state index contributed by atoms with van der Waals surface area (Å²) in [6.07, 6.45) is 5.92. The standard InChI is InChI=1S/C21H25N3O3/c25-20(9-5-15-27-19-7-2-1-3-8-19)23-18-10-13-24(14-11-18)21(26)17-6-4-12-22-16-17/h1-4,6-8,12,16,18H,5,9-11,13-15H2,(H,23,25). The fraction of sp³-hybridized carbons (Fsp3) is 0.381. The Hall–Kier alpha value is -2.89. The summed E-state index contributed by atoms with van der Waals surface area (Å²) >= 11 is 0. The van der Waals surface area contributed by atoms with Crippen molar-refractivity contribution in [2.75, 3.05) is 19.7 Å². The number of nitrogens with one attached hydrogen (secondary N) is 1. The number of pyridine rings is 1. The molecule has 1 aromatic heterocycles. The fourth-order valence-electron chi connectivity index (χ4n) is 3.14. The van der Waals surface area contributed by atoms with Crippen molar-refractivity contribution in [3.05, 3.63) is 60.4 Å². The molecule has 0 bridgehead atoms. The number of benzene rings is 1. The van der Waals surface area contributed by atoms with E-state index in [0.717, 1.165) is 18.6 Å². The minimum atomic E-state index is 0.00550. The van der Waals surface area contributed by atoms with Crippen molar-refractivity contribution in [3.63, 3.8) is 0 Å². The third-order valence-electron chi connectivity index (χ3n) is 4.62. The van der Waals surface area contributed by atoms with Crippen LogP contribution < -0.4 is 10.1 Å². The monoisotopic (exact) mass is 367 g/mol. The molecule has 2 amide bonds. The number of hydrogen-bond acceptors (Lipinski definition) is 4. The first-order chi connectivity index (χ1) is 13.2. The van der Waals surface area contributed by atoms with E-state index in [2.05, 4.69) is 10.3 Å². The lowest BCUT2D eigenvalue weighted by Crippen LogP contribution is -2.46. The van der Waals surface area contributed by atoms with Gasteiger partial charge in [0.25, 0.3) is 5.91 Å². The van der Waals surface area contributed by atoms with Crippen LogP contribution in [0.4, 0.5) is 0 Å². The molecule has 3 rings (SSSR count). The highest BCUT2D eigenvalue weighted by atomic mass is 16.5. The number of piperidine rings is 1. The Morgan fingerprint density at radius 2 is 1.89 bits per heavy atom. The van der Waals surface area contributed by atoms with E-state index in [9.17, 15) is 9.59 Å². The van der Waals surface area contributed by atoms with Gasteiger partial charge in [-0.05, 0) is 43.5 Å². The van der Waals surface area contributed by atoms with Gasteiger partial charge in [-0.3, -0.25) is 14.6 Å². The van der Waals surface area contributed by atoms with E-state index in [1.165, 1.54) is 0 Å². The van der Waals surface area contributed by atoms with Crippen LogP contribution in [0.15, 0.2) is 54.9 Å². The molecule has 6 nitrogen and oxygen atoms in total. The molecular formula is C21H25N3O3. The fourth-order valence-corrected chi connectivity index (χ4v) is 3.14. The lowest BCUT2D eigenvalue weighted by Gasteiger charge is -2.32. The number of aromatic nitrogens is 1. The third kappa shape index (κ3) is 5.81. The maximum atomic E-state index is 12.4. The molecule has 1 N–H and O–H groups in total. The summed E-state index contributed by atoms with van der Waals surface area (Å²) in [6, 6.07) is 13.3. The number of nitrogens with zero attached hydrogens (tertiary/aromatic N) is 2. The summed E-state index contributed by atoms with van der Waals surface area (Å²) in [7, 11) is 0. The Morgan fingerprint density at radius 1 is 1.11 bits per heavy atom. The van der Waals surface area contributed by atoms with Gasteiger partial charge >= 0.3 is 0 Å². The van der Waals surface area contributed by atoms with Crippen molar-refractivity contribution in [2.24, 2.45) is 0 Å². The van der Waals surface area contributed by atoms with Gasteiger partial charge in [0, 0.05) is 37.9 Å². The molecule has 0 spiro atoms. The predicted molar refractivity (Wildman–Crippen MR) is 102 cm³/mol. The number of para-hydroxylation sites is 1. The van der Waals surface area contributed by atoms with Gasteiger partial charge in [-0.2, -0.15) is 0 Å². The summed E-state index contributed by atoms with van der Waals surface area (Å²) in [5.74, 6) is 0.873. The van der Waals surface area contributed by atoms with Gasteiger partial charge in [-0.1, -0.05) is 18.2 Å². The first-order valence-electron chi connectivity index (χ1n) is 9.39. The molecule has 1 aliphatic heterocycles. The van der Waals surface area contributed by atoms with Crippen molar-refractivity contribution in [2.45, 2.75) is 31.7 Å². The summed E-state index contributed by atoms with van der Waals surface area (Å²) < 4.78 is 5.60. The molecular weight excluding hydrogens is 342 g/mol. The second-order valence-corrected chi connectivity index (χ2v) is 6.64. The number of ether oxygens (including phenoxy) is 1. The van der Waals surface area contributed by atoms with Gasteiger partial charge in [-0.15, -0.1) is 0 Å². The Kier molecular flexibility index (Phi) is 6.79. The van der Waals surface area contributed by atoms with Crippen LogP contribution in [-0.4, -0.2) is 47.4 Å². The molecule has 1 aliphatic rings. The Balaban J connectivity index is 1.33. The van der Waals surface area contributed by atoms with Crippen LogP contribution >= 0.6 is 0 Å². The molecule has 0 aliphatic carbocycles. The van der Waals surface area contributed by atoms with Gasteiger partial charge in [0.05, 0.1) is 12.2 Å². The molecule has 27 heavy (non-hydrogen) atoms. The molecule has 6 heteroatoms. The molecule has 0 saturated carbocycles. The van der Waals surface area contributed by atoms with Crippen LogP contribution in [0, 0.1) is 0 Å². The molecule has 2 heterocycles. The molecule has 0 unspecified atom stereocenters. The van der Waals surface area contributed by atoms with E-state index >= 15 is 0 Å². The van der Waals surface area contributed by atoms with E-state index in [1.54, 1.807) is 24.5 Å². The van der Waals surface area contributed by atoms with E-state index in [0.29, 0.717) is 38.1 Å². The highest BCUT2D eigenvalue weighted by molar-refractivity contribution is 5.93. The largest absolute Gasteiger partial charge is 0.494 e. The summed E-state index contributed by atoms with van der Waals surface area (Å²) in [6.45, 7) is 1.82. The van der Waals surface area contributed by atoms with E-state index in [4.69, 9.17) is 4.74 Å². The highest BCUT2D eigenvalue weighted by Gasteiger charge is 2.24. The number of carbonyl (C=O) groups excluding carboxylic acids is 2. The topological polar surface area (TPSA) is 71.5 Å². The van der Waals surface area contributed by atoms with Crippen LogP contribution in [0.5, 0.6) is 5.75 Å². The highest BCUT2D eigenvalue weighted by Crippen LogP contribution is 2.14. The average molecular weight is 367 g/mol. The quantitative estimate of drug-likeness (QED) is 0.764. The molecule has 1 fully saturated rings. The molecule has 0 atom stereocenters. The zero-order valence-electron chi connectivity index (χ0n) is 15.3. The Labute approximate surface area is 159 Å². The SMILES string of the molecule is O=C(CCCOc1ccccc1)NC1CCN(C(=O)c2cccnc2)CC1. The van der Waals surface area contributed by atoms with Crippen LogP contribution in [0.2, 0.25) is 0 Å². The number of likely N-dealkylation sites (tertiary alicyclic amines) is 1. The zero-order chi connectivity index (χ0) is 18.9. The summed E-state index contributed by atoms with van der Waals surface area (Å²) in [5, 5.41) is 3.07. The third-order valence-corrected chi connectivity index (χ3v) is 4.62. The molecule has 142 valence electrons. The minimum absolute atomic E-state index is 0.00550. The Morgan fingerprint density at radius 3 is 2.59 bits per heavy atom. The second kappa shape index (κ2) is 9.71. The van der Waals surface area contributed by atoms with E-state index < -0.39 is 0 Å². The van der Waals surface area contributed by atoms with Gasteiger partial charge in [0.15, 0.2) is 0 Å². The first-order valence-corrected chi connectivity index (χ1v) is 9.39. The molecule has 1 aromatic carbocycles. The maximum absolute atomic E-state index is 12.4. The molecule has 2 aromatic rings. The van der Waals surface area contributed by atoms with Gasteiger partial charge in [-0.25, -0.2) is 0 Å². The number of rotatable bonds is 7. The number of amides is 2. The summed E-state index contributed by atoms with van der Waals surface area (Å²) in [5.41, 5.74) is 0.610. The predicted octanol–water partition coefficient (Wildman–Crippen LogP) is 2.66. The van der Waals surface area contributed by atoms with Crippen molar-refractivity contribution in [1.82, 2.24) is 15.2 Å². The van der Waals surface area contributed by atoms with E-state index in [-0.39, 0.29) is 17.9 Å². The van der Waals surface area contributed by atoms with Gasteiger partial charge in [0.2, 0.25) is 5.91 Å². The van der Waals surface area contributed by atoms with Crippen molar-refractivity contribution >= 4 is 11.8 Å². The smallest absolute Gasteiger partial charge is 0.255 e. The zero-order valence-corrected chi connectivity index (χ0v) is 15.3. The van der Waals surface area contributed by atoms with Crippen molar-refractivity contribution < 1.29 is 14.3 Å². The lowest BCUT2D eigenvalue weighted by atomic mass is 10.0.